The molecule has 2 aliphatic rings. The van der Waals surface area contributed by atoms with Gasteiger partial charge in [-0.1, -0.05) is 11.2 Å². The Balaban J connectivity index is 1.51. The van der Waals surface area contributed by atoms with Gasteiger partial charge in [0.15, 0.2) is 5.84 Å². The maximum absolute atomic E-state index is 12.4. The van der Waals surface area contributed by atoms with Crippen LogP contribution in [0.2, 0.25) is 0 Å². The van der Waals surface area contributed by atoms with E-state index in [4.69, 9.17) is 9.57 Å². The number of alkyl halides is 3. The standard InChI is InChI=1S/C23H26F3N5O3/c1-15-11-30(14-28-15)19-6-5-16(9-20(19)33-2)8-17-4-3-7-31-18(12-34-29-22(17)31)10-21(32)27-13-23(24,25)26/h5-6,8-9,11,14,18H,3-4,7,10,12-13H2,1-2H3,(H,27,32)/b17-8+/t18-/m0/s1. The van der Waals surface area contributed by atoms with Gasteiger partial charge in [-0.05, 0) is 49.1 Å². The Bertz CT molecular complexity index is 1110. The largest absolute Gasteiger partial charge is 0.495 e. The quantitative estimate of drug-likeness (QED) is 0.690. The van der Waals surface area contributed by atoms with Crippen LogP contribution in [0.25, 0.3) is 11.8 Å². The van der Waals surface area contributed by atoms with Crippen molar-refractivity contribution < 1.29 is 27.5 Å². The zero-order valence-electron chi connectivity index (χ0n) is 18.9. The van der Waals surface area contributed by atoms with Gasteiger partial charge in [0.05, 0.1) is 37.3 Å². The van der Waals surface area contributed by atoms with E-state index < -0.39 is 18.6 Å². The summed E-state index contributed by atoms with van der Waals surface area (Å²) in [5, 5.41) is 6.13. The molecule has 1 aromatic carbocycles. The fourth-order valence-electron chi connectivity index (χ4n) is 4.13. The van der Waals surface area contributed by atoms with Crippen LogP contribution in [-0.4, -0.2) is 65.2 Å². The lowest BCUT2D eigenvalue weighted by atomic mass is 9.97. The van der Waals surface area contributed by atoms with Crippen LogP contribution >= 0.6 is 0 Å². The molecule has 0 unspecified atom stereocenters. The van der Waals surface area contributed by atoms with E-state index >= 15 is 0 Å². The molecular weight excluding hydrogens is 451 g/mol. The van der Waals surface area contributed by atoms with Crippen LogP contribution in [-0.2, 0) is 9.63 Å². The van der Waals surface area contributed by atoms with Gasteiger partial charge in [-0.15, -0.1) is 0 Å². The molecule has 1 fully saturated rings. The van der Waals surface area contributed by atoms with Crippen molar-refractivity contribution >= 4 is 17.8 Å². The number of hydrogen-bond acceptors (Lipinski definition) is 6. The number of nitrogens with zero attached hydrogens (tertiary/aromatic N) is 4. The number of fused-ring (bicyclic) bond motifs is 1. The Hall–Kier alpha value is -3.50. The Morgan fingerprint density at radius 3 is 2.91 bits per heavy atom. The van der Waals surface area contributed by atoms with Gasteiger partial charge in [0.1, 0.15) is 18.9 Å². The zero-order valence-corrected chi connectivity index (χ0v) is 18.9. The minimum absolute atomic E-state index is 0.102. The number of aryl methyl sites for hydroxylation is 1. The average molecular weight is 477 g/mol. The summed E-state index contributed by atoms with van der Waals surface area (Å²) >= 11 is 0. The highest BCUT2D eigenvalue weighted by atomic mass is 19.4. The number of ether oxygens (including phenoxy) is 1. The molecule has 11 heteroatoms. The predicted molar refractivity (Wildman–Crippen MR) is 120 cm³/mol. The van der Waals surface area contributed by atoms with Crippen molar-refractivity contribution in [2.45, 2.75) is 38.4 Å². The highest BCUT2D eigenvalue weighted by Crippen LogP contribution is 2.30. The summed E-state index contributed by atoms with van der Waals surface area (Å²) in [7, 11) is 1.61. The molecule has 0 radical (unpaired) electrons. The number of halogens is 3. The molecule has 1 saturated heterocycles. The number of piperidine rings is 1. The van der Waals surface area contributed by atoms with Gasteiger partial charge in [-0.25, -0.2) is 4.98 Å². The van der Waals surface area contributed by atoms with Crippen LogP contribution in [0.1, 0.15) is 30.5 Å². The molecule has 3 heterocycles. The number of carbonyl (C=O) groups excluding carboxylic acids is 1. The molecule has 1 aromatic heterocycles. The zero-order chi connectivity index (χ0) is 24.3. The number of nitrogens with one attached hydrogen (secondary N) is 1. The van der Waals surface area contributed by atoms with Crippen LogP contribution < -0.4 is 10.1 Å². The van der Waals surface area contributed by atoms with Crippen LogP contribution in [0.15, 0.2) is 41.5 Å². The van der Waals surface area contributed by atoms with Crippen molar-refractivity contribution in [1.82, 2.24) is 19.8 Å². The number of rotatable bonds is 6. The van der Waals surface area contributed by atoms with Gasteiger partial charge < -0.3 is 24.4 Å². The van der Waals surface area contributed by atoms with Gasteiger partial charge in [0.25, 0.3) is 0 Å². The van der Waals surface area contributed by atoms with E-state index in [0.29, 0.717) is 18.1 Å². The van der Waals surface area contributed by atoms with E-state index in [-0.39, 0.29) is 19.1 Å². The normalized spacial score (nSPS) is 19.3. The van der Waals surface area contributed by atoms with Crippen molar-refractivity contribution in [2.75, 3.05) is 26.8 Å². The van der Waals surface area contributed by atoms with Crippen molar-refractivity contribution in [2.24, 2.45) is 5.16 Å². The summed E-state index contributed by atoms with van der Waals surface area (Å²) in [6, 6.07) is 5.44. The average Bonchev–Trinajstić information content (AvgIpc) is 3.24. The monoisotopic (exact) mass is 477 g/mol. The first-order valence-corrected chi connectivity index (χ1v) is 10.9. The second kappa shape index (κ2) is 9.78. The van der Waals surface area contributed by atoms with E-state index in [2.05, 4.69) is 10.1 Å². The van der Waals surface area contributed by atoms with Crippen molar-refractivity contribution in [1.29, 1.82) is 0 Å². The van der Waals surface area contributed by atoms with E-state index in [0.717, 1.165) is 35.4 Å². The number of methoxy groups -OCH3 is 1. The first kappa shape index (κ1) is 23.7. The molecule has 1 atom stereocenters. The molecule has 34 heavy (non-hydrogen) atoms. The lowest BCUT2D eigenvalue weighted by molar-refractivity contribution is -0.139. The minimum atomic E-state index is -4.44. The number of benzene rings is 1. The van der Waals surface area contributed by atoms with Crippen LogP contribution in [0, 0.1) is 6.92 Å². The van der Waals surface area contributed by atoms with Gasteiger partial charge in [-0.3, -0.25) is 4.79 Å². The summed E-state index contributed by atoms with van der Waals surface area (Å²) in [6.07, 6.45) is 2.67. The molecule has 1 amide bonds. The summed E-state index contributed by atoms with van der Waals surface area (Å²) in [5.41, 5.74) is 3.59. The van der Waals surface area contributed by atoms with Crippen LogP contribution in [0.3, 0.4) is 0 Å². The van der Waals surface area contributed by atoms with Crippen molar-refractivity contribution in [3.63, 3.8) is 0 Å². The molecule has 0 aliphatic carbocycles. The van der Waals surface area contributed by atoms with E-state index in [1.807, 2.05) is 52.2 Å². The second-order valence-corrected chi connectivity index (χ2v) is 8.28. The molecule has 8 nitrogen and oxygen atoms in total. The molecule has 0 bridgehead atoms. The number of oxime groups is 1. The van der Waals surface area contributed by atoms with E-state index in [1.165, 1.54) is 0 Å². The SMILES string of the molecule is COc1cc(/C=C2\CCCN3C2=NOC[C@@H]3CC(=O)NCC(F)(F)F)ccc1-n1cnc(C)c1. The van der Waals surface area contributed by atoms with E-state index in [1.54, 1.807) is 13.4 Å². The molecule has 182 valence electrons. The number of imidazole rings is 1. The Morgan fingerprint density at radius 2 is 2.21 bits per heavy atom. The lowest BCUT2D eigenvalue weighted by Crippen LogP contribution is -2.51. The fraction of sp³-hybridized carbons (Fsp3) is 0.435. The molecule has 4 rings (SSSR count). The smallest absolute Gasteiger partial charge is 0.405 e. The molecular formula is C23H26F3N5O3. The number of aromatic nitrogens is 2. The van der Waals surface area contributed by atoms with E-state index in [9.17, 15) is 18.0 Å². The number of amides is 1. The molecule has 2 aromatic rings. The van der Waals surface area contributed by atoms with Gasteiger partial charge in [-0.2, -0.15) is 13.2 Å². The summed E-state index contributed by atoms with van der Waals surface area (Å²) in [5.74, 6) is 0.623. The predicted octanol–water partition coefficient (Wildman–Crippen LogP) is 3.45. The lowest BCUT2D eigenvalue weighted by Gasteiger charge is -2.39. The topological polar surface area (TPSA) is 81.0 Å². The summed E-state index contributed by atoms with van der Waals surface area (Å²) in [6.45, 7) is 1.36. The van der Waals surface area contributed by atoms with Gasteiger partial charge in [0.2, 0.25) is 5.91 Å². The Labute approximate surface area is 195 Å². The first-order chi connectivity index (χ1) is 16.2. The molecule has 0 saturated carbocycles. The van der Waals surface area contributed by atoms with Crippen LogP contribution in [0.5, 0.6) is 5.75 Å². The third-order valence-electron chi connectivity index (χ3n) is 5.70. The summed E-state index contributed by atoms with van der Waals surface area (Å²) in [4.78, 5) is 23.6. The van der Waals surface area contributed by atoms with Crippen molar-refractivity contribution in [3.8, 4) is 11.4 Å². The third kappa shape index (κ3) is 5.52. The number of amidine groups is 1. The Morgan fingerprint density at radius 1 is 1.38 bits per heavy atom. The maximum Gasteiger partial charge on any atom is 0.405 e. The number of carbonyl (C=O) groups is 1. The van der Waals surface area contributed by atoms with Crippen molar-refractivity contribution in [3.05, 3.63) is 47.6 Å². The molecule has 1 N–H and O–H groups in total. The highest BCUT2D eigenvalue weighted by Gasteiger charge is 2.34. The highest BCUT2D eigenvalue weighted by molar-refractivity contribution is 6.03. The molecule has 0 spiro atoms. The Kier molecular flexibility index (Phi) is 6.80. The van der Waals surface area contributed by atoms with Gasteiger partial charge in [0, 0.05) is 12.7 Å². The minimum Gasteiger partial charge on any atom is -0.495 e. The van der Waals surface area contributed by atoms with Gasteiger partial charge >= 0.3 is 6.18 Å². The van der Waals surface area contributed by atoms with Crippen LogP contribution in [0.4, 0.5) is 13.2 Å². The maximum atomic E-state index is 12.4. The third-order valence-corrected chi connectivity index (χ3v) is 5.70. The summed E-state index contributed by atoms with van der Waals surface area (Å²) < 4.78 is 44.7. The fourth-order valence-corrected chi connectivity index (χ4v) is 4.13. The second-order valence-electron chi connectivity index (χ2n) is 8.28. The molecule has 2 aliphatic heterocycles. The number of hydrogen-bond donors (Lipinski definition) is 1. The first-order valence-electron chi connectivity index (χ1n) is 10.9.